The van der Waals surface area contributed by atoms with Gasteiger partial charge in [0, 0.05) is 43.2 Å². The van der Waals surface area contributed by atoms with E-state index in [0.29, 0.717) is 13.1 Å². The maximum Gasteiger partial charge on any atom is 0.407 e. The van der Waals surface area contributed by atoms with Crippen LogP contribution in [0.25, 0.3) is 10.9 Å². The molecule has 0 aliphatic carbocycles. The summed E-state index contributed by atoms with van der Waals surface area (Å²) in [6.07, 6.45) is 2.42. The molecule has 0 saturated carbocycles. The normalized spacial score (nSPS) is 19.4. The lowest BCUT2D eigenvalue weighted by atomic mass is 9.91. The standard InChI is InChI=1S/C18H22N4O3/c23-18(24)22-5-3-13(4-6-22)17-15-2-1-14(11-16(15)19-12-20-17)21-7-9-25-10-8-21/h1-2,11-13H,3-10H2,(H,23,24). The fraction of sp³-hybridized carbons (Fsp3) is 0.500. The predicted octanol–water partition coefficient (Wildman–Crippen LogP) is 2.32. The van der Waals surface area contributed by atoms with Crippen molar-refractivity contribution in [3.63, 3.8) is 0 Å². The topological polar surface area (TPSA) is 78.8 Å². The van der Waals surface area contributed by atoms with Gasteiger partial charge in [-0.05, 0) is 31.0 Å². The van der Waals surface area contributed by atoms with Crippen molar-refractivity contribution in [1.29, 1.82) is 0 Å². The smallest absolute Gasteiger partial charge is 0.407 e. The quantitative estimate of drug-likeness (QED) is 0.902. The Balaban J connectivity index is 1.59. The Labute approximate surface area is 146 Å². The van der Waals surface area contributed by atoms with Crippen LogP contribution in [0.1, 0.15) is 24.5 Å². The number of likely N-dealkylation sites (tertiary alicyclic amines) is 1. The minimum Gasteiger partial charge on any atom is -0.465 e. The summed E-state index contributed by atoms with van der Waals surface area (Å²) in [5.41, 5.74) is 3.17. The average molecular weight is 342 g/mol. The molecule has 0 atom stereocenters. The largest absolute Gasteiger partial charge is 0.465 e. The maximum absolute atomic E-state index is 11.1. The summed E-state index contributed by atoms with van der Waals surface area (Å²) < 4.78 is 5.42. The highest BCUT2D eigenvalue weighted by atomic mass is 16.5. The van der Waals surface area contributed by atoms with Crippen molar-refractivity contribution < 1.29 is 14.6 Å². The molecule has 7 nitrogen and oxygen atoms in total. The highest BCUT2D eigenvalue weighted by Crippen LogP contribution is 2.32. The number of hydrogen-bond acceptors (Lipinski definition) is 5. The van der Waals surface area contributed by atoms with Crippen LogP contribution in [0.15, 0.2) is 24.5 Å². The van der Waals surface area contributed by atoms with Crippen LogP contribution in [0.2, 0.25) is 0 Å². The summed E-state index contributed by atoms with van der Waals surface area (Å²) in [4.78, 5) is 23.9. The predicted molar refractivity (Wildman–Crippen MR) is 94.1 cm³/mol. The molecule has 0 bridgehead atoms. The van der Waals surface area contributed by atoms with E-state index in [4.69, 9.17) is 9.84 Å². The first kappa shape index (κ1) is 16.1. The Morgan fingerprint density at radius 1 is 1.12 bits per heavy atom. The van der Waals surface area contributed by atoms with Gasteiger partial charge in [-0.3, -0.25) is 0 Å². The Morgan fingerprint density at radius 3 is 2.60 bits per heavy atom. The zero-order chi connectivity index (χ0) is 17.2. The number of fused-ring (bicyclic) bond motifs is 1. The van der Waals surface area contributed by atoms with E-state index in [-0.39, 0.29) is 5.92 Å². The number of anilines is 1. The van der Waals surface area contributed by atoms with Crippen LogP contribution in [0, 0.1) is 0 Å². The molecule has 25 heavy (non-hydrogen) atoms. The number of aromatic nitrogens is 2. The molecule has 2 aromatic rings. The molecule has 2 saturated heterocycles. The lowest BCUT2D eigenvalue weighted by Crippen LogP contribution is -2.37. The van der Waals surface area contributed by atoms with Gasteiger partial charge in [0.15, 0.2) is 0 Å². The summed E-state index contributed by atoms with van der Waals surface area (Å²) in [5.74, 6) is 0.287. The molecule has 4 rings (SSSR count). The van der Waals surface area contributed by atoms with Gasteiger partial charge in [-0.25, -0.2) is 14.8 Å². The Hall–Kier alpha value is -2.41. The second kappa shape index (κ2) is 6.84. The van der Waals surface area contributed by atoms with Crippen molar-refractivity contribution in [2.24, 2.45) is 0 Å². The van der Waals surface area contributed by atoms with Gasteiger partial charge in [0.25, 0.3) is 0 Å². The van der Waals surface area contributed by atoms with Gasteiger partial charge in [-0.2, -0.15) is 0 Å². The molecule has 1 aromatic heterocycles. The minimum absolute atomic E-state index is 0.287. The highest BCUT2D eigenvalue weighted by Gasteiger charge is 2.25. The van der Waals surface area contributed by atoms with E-state index in [1.54, 1.807) is 6.33 Å². The van der Waals surface area contributed by atoms with Crippen LogP contribution < -0.4 is 4.90 Å². The van der Waals surface area contributed by atoms with E-state index in [9.17, 15) is 4.79 Å². The summed E-state index contributed by atoms with van der Waals surface area (Å²) in [5, 5.41) is 10.2. The molecule has 0 spiro atoms. The van der Waals surface area contributed by atoms with Gasteiger partial charge in [0.2, 0.25) is 0 Å². The number of carboxylic acid groups (broad SMARTS) is 1. The van der Waals surface area contributed by atoms with Crippen molar-refractivity contribution in [3.05, 3.63) is 30.2 Å². The average Bonchev–Trinajstić information content (AvgIpc) is 2.68. The molecule has 2 fully saturated rings. The van der Waals surface area contributed by atoms with Crippen molar-refractivity contribution in [3.8, 4) is 0 Å². The van der Waals surface area contributed by atoms with E-state index in [2.05, 4.69) is 33.1 Å². The van der Waals surface area contributed by atoms with Gasteiger partial charge < -0.3 is 19.6 Å². The Morgan fingerprint density at radius 2 is 1.88 bits per heavy atom. The number of carbonyl (C=O) groups is 1. The van der Waals surface area contributed by atoms with E-state index in [1.165, 1.54) is 10.6 Å². The van der Waals surface area contributed by atoms with Crippen LogP contribution in [0.3, 0.4) is 0 Å². The molecule has 2 aliphatic heterocycles. The number of hydrogen-bond donors (Lipinski definition) is 1. The second-order valence-corrected chi connectivity index (χ2v) is 6.60. The maximum atomic E-state index is 11.1. The number of nitrogens with zero attached hydrogens (tertiary/aromatic N) is 4. The van der Waals surface area contributed by atoms with E-state index >= 15 is 0 Å². The summed E-state index contributed by atoms with van der Waals surface area (Å²) >= 11 is 0. The number of benzene rings is 1. The monoisotopic (exact) mass is 342 g/mol. The summed E-state index contributed by atoms with van der Waals surface area (Å²) in [6.45, 7) is 4.45. The van der Waals surface area contributed by atoms with Crippen LogP contribution in [-0.4, -0.2) is 65.5 Å². The van der Waals surface area contributed by atoms with E-state index < -0.39 is 6.09 Å². The number of morpholine rings is 1. The Bertz CT molecular complexity index is 768. The van der Waals surface area contributed by atoms with Crippen LogP contribution in [0.5, 0.6) is 0 Å². The third-order valence-corrected chi connectivity index (χ3v) is 5.18. The molecule has 2 aliphatic rings. The number of rotatable bonds is 2. The first-order valence-electron chi connectivity index (χ1n) is 8.77. The molecule has 1 aromatic carbocycles. The molecular weight excluding hydrogens is 320 g/mol. The lowest BCUT2D eigenvalue weighted by Gasteiger charge is -2.30. The number of amides is 1. The number of piperidine rings is 1. The molecule has 3 heterocycles. The van der Waals surface area contributed by atoms with E-state index in [1.807, 2.05) is 0 Å². The first-order valence-corrected chi connectivity index (χ1v) is 8.77. The van der Waals surface area contributed by atoms with Crippen molar-refractivity contribution >= 4 is 22.7 Å². The lowest BCUT2D eigenvalue weighted by molar-refractivity contribution is 0.122. The summed E-state index contributed by atoms with van der Waals surface area (Å²) in [7, 11) is 0. The molecule has 1 N–H and O–H groups in total. The van der Waals surface area contributed by atoms with Crippen LogP contribution >= 0.6 is 0 Å². The minimum atomic E-state index is -0.832. The fourth-order valence-corrected chi connectivity index (χ4v) is 3.75. The zero-order valence-corrected chi connectivity index (χ0v) is 14.1. The zero-order valence-electron chi connectivity index (χ0n) is 14.1. The van der Waals surface area contributed by atoms with Crippen LogP contribution in [-0.2, 0) is 4.74 Å². The van der Waals surface area contributed by atoms with Crippen molar-refractivity contribution in [1.82, 2.24) is 14.9 Å². The third-order valence-electron chi connectivity index (χ3n) is 5.18. The van der Waals surface area contributed by atoms with Crippen molar-refractivity contribution in [2.45, 2.75) is 18.8 Å². The molecule has 132 valence electrons. The number of ether oxygens (including phenoxy) is 1. The molecular formula is C18H22N4O3. The van der Waals surface area contributed by atoms with E-state index in [0.717, 1.165) is 55.7 Å². The molecule has 0 radical (unpaired) electrons. The van der Waals surface area contributed by atoms with Crippen LogP contribution in [0.4, 0.5) is 10.5 Å². The summed E-state index contributed by atoms with van der Waals surface area (Å²) in [6, 6.07) is 6.37. The molecule has 1 amide bonds. The van der Waals surface area contributed by atoms with Gasteiger partial charge in [-0.1, -0.05) is 0 Å². The molecule has 7 heteroatoms. The van der Waals surface area contributed by atoms with Gasteiger partial charge >= 0.3 is 6.09 Å². The van der Waals surface area contributed by atoms with Gasteiger partial charge in [0.05, 0.1) is 24.4 Å². The third kappa shape index (κ3) is 3.24. The fourth-order valence-electron chi connectivity index (χ4n) is 3.75. The second-order valence-electron chi connectivity index (χ2n) is 6.60. The highest BCUT2D eigenvalue weighted by molar-refractivity contribution is 5.84. The first-order chi connectivity index (χ1) is 12.2. The van der Waals surface area contributed by atoms with Gasteiger partial charge in [0.1, 0.15) is 6.33 Å². The van der Waals surface area contributed by atoms with Gasteiger partial charge in [-0.15, -0.1) is 0 Å². The Kier molecular flexibility index (Phi) is 4.40. The van der Waals surface area contributed by atoms with Crippen molar-refractivity contribution in [2.75, 3.05) is 44.3 Å². The SMILES string of the molecule is O=C(O)N1CCC(c2ncnc3cc(N4CCOCC4)ccc23)CC1. The molecule has 0 unspecified atom stereocenters.